The third-order valence-corrected chi connectivity index (χ3v) is 3.20. The van der Waals surface area contributed by atoms with Crippen LogP contribution in [0.15, 0.2) is 36.4 Å². The van der Waals surface area contributed by atoms with Crippen LogP contribution in [0.25, 0.3) is 10.9 Å². The summed E-state index contributed by atoms with van der Waals surface area (Å²) in [6.45, 7) is 1.81. The molecular weight excluding hydrogens is 268 g/mol. The van der Waals surface area contributed by atoms with Gasteiger partial charge in [-0.15, -0.1) is 0 Å². The molecule has 0 aliphatic heterocycles. The summed E-state index contributed by atoms with van der Waals surface area (Å²) < 4.78 is 5.04. The van der Waals surface area contributed by atoms with Gasteiger partial charge in [0.25, 0.3) is 5.91 Å². The highest BCUT2D eigenvalue weighted by Gasteiger charge is 2.15. The number of benzene rings is 1. The third kappa shape index (κ3) is 2.43. The number of aromatic amines is 1. The molecule has 1 amide bonds. The SMILES string of the molecule is COc1ccc(NC(=O)c2n[nH]c3ccccc23)c(C)n1. The lowest BCUT2D eigenvalue weighted by Gasteiger charge is -2.08. The molecule has 6 nitrogen and oxygen atoms in total. The zero-order valence-corrected chi connectivity index (χ0v) is 11.7. The highest BCUT2D eigenvalue weighted by Crippen LogP contribution is 2.20. The molecule has 3 rings (SSSR count). The molecule has 2 aromatic heterocycles. The maximum Gasteiger partial charge on any atom is 0.276 e. The molecule has 0 bridgehead atoms. The van der Waals surface area contributed by atoms with Gasteiger partial charge in [-0.25, -0.2) is 4.98 Å². The number of H-pyrrole nitrogens is 1. The van der Waals surface area contributed by atoms with Gasteiger partial charge in [0, 0.05) is 11.5 Å². The van der Waals surface area contributed by atoms with Crippen molar-refractivity contribution < 1.29 is 9.53 Å². The van der Waals surface area contributed by atoms with Crippen LogP contribution in [-0.4, -0.2) is 28.2 Å². The molecule has 0 atom stereocenters. The molecule has 0 saturated heterocycles. The fourth-order valence-electron chi connectivity index (χ4n) is 2.10. The lowest BCUT2D eigenvalue weighted by molar-refractivity contribution is 0.102. The average Bonchev–Trinajstić information content (AvgIpc) is 2.93. The summed E-state index contributed by atoms with van der Waals surface area (Å²) in [5.41, 5.74) is 2.50. The number of aryl methyl sites for hydroxylation is 1. The third-order valence-electron chi connectivity index (χ3n) is 3.20. The second kappa shape index (κ2) is 5.24. The van der Waals surface area contributed by atoms with Gasteiger partial charge in [-0.05, 0) is 19.1 Å². The van der Waals surface area contributed by atoms with E-state index in [9.17, 15) is 4.79 Å². The lowest BCUT2D eigenvalue weighted by atomic mass is 10.2. The van der Waals surface area contributed by atoms with Crippen LogP contribution in [0.2, 0.25) is 0 Å². The molecular formula is C15H14N4O2. The summed E-state index contributed by atoms with van der Waals surface area (Å²) in [6.07, 6.45) is 0. The number of ether oxygens (including phenoxy) is 1. The van der Waals surface area contributed by atoms with Gasteiger partial charge in [-0.2, -0.15) is 5.10 Å². The molecule has 3 aromatic rings. The van der Waals surface area contributed by atoms with Gasteiger partial charge in [-0.3, -0.25) is 9.89 Å². The number of nitrogens with one attached hydrogen (secondary N) is 2. The normalized spacial score (nSPS) is 10.6. The van der Waals surface area contributed by atoms with Gasteiger partial charge in [0.1, 0.15) is 0 Å². The van der Waals surface area contributed by atoms with Crippen molar-refractivity contribution in [3.8, 4) is 5.88 Å². The van der Waals surface area contributed by atoms with Crippen molar-refractivity contribution in [3.63, 3.8) is 0 Å². The minimum absolute atomic E-state index is 0.275. The minimum atomic E-state index is -0.275. The van der Waals surface area contributed by atoms with Gasteiger partial charge < -0.3 is 10.1 Å². The minimum Gasteiger partial charge on any atom is -0.481 e. The lowest BCUT2D eigenvalue weighted by Crippen LogP contribution is -2.14. The number of nitrogens with zero attached hydrogens (tertiary/aromatic N) is 2. The maximum absolute atomic E-state index is 12.3. The van der Waals surface area contributed by atoms with E-state index < -0.39 is 0 Å². The zero-order chi connectivity index (χ0) is 14.8. The molecule has 0 fully saturated rings. The number of methoxy groups -OCH3 is 1. The first-order chi connectivity index (χ1) is 10.2. The van der Waals surface area contributed by atoms with Crippen LogP contribution in [0.5, 0.6) is 5.88 Å². The van der Waals surface area contributed by atoms with E-state index in [2.05, 4.69) is 20.5 Å². The number of amides is 1. The maximum atomic E-state index is 12.3. The van der Waals surface area contributed by atoms with Crippen molar-refractivity contribution in [3.05, 3.63) is 47.8 Å². The molecule has 0 aliphatic carbocycles. The Morgan fingerprint density at radius 1 is 1.24 bits per heavy atom. The smallest absolute Gasteiger partial charge is 0.276 e. The monoisotopic (exact) mass is 282 g/mol. The molecule has 0 radical (unpaired) electrons. The number of carbonyl (C=O) groups is 1. The first-order valence-corrected chi connectivity index (χ1v) is 6.45. The van der Waals surface area contributed by atoms with Crippen molar-refractivity contribution >= 4 is 22.5 Å². The number of fused-ring (bicyclic) bond motifs is 1. The van der Waals surface area contributed by atoms with Crippen LogP contribution in [0.4, 0.5) is 5.69 Å². The number of anilines is 1. The Morgan fingerprint density at radius 3 is 2.81 bits per heavy atom. The summed E-state index contributed by atoms with van der Waals surface area (Å²) in [4.78, 5) is 16.6. The Hall–Kier alpha value is -2.89. The molecule has 0 saturated carbocycles. The Morgan fingerprint density at radius 2 is 2.05 bits per heavy atom. The Bertz CT molecular complexity index is 810. The van der Waals surface area contributed by atoms with Crippen molar-refractivity contribution in [2.45, 2.75) is 6.92 Å². The number of rotatable bonds is 3. The first kappa shape index (κ1) is 13.1. The number of pyridine rings is 1. The number of hydrogen-bond donors (Lipinski definition) is 2. The predicted octanol–water partition coefficient (Wildman–Crippen LogP) is 2.53. The van der Waals surface area contributed by atoms with Crippen LogP contribution in [-0.2, 0) is 0 Å². The van der Waals surface area contributed by atoms with E-state index in [1.165, 1.54) is 0 Å². The zero-order valence-electron chi connectivity index (χ0n) is 11.7. The molecule has 0 unspecified atom stereocenters. The van der Waals surface area contributed by atoms with Crippen molar-refractivity contribution in [2.24, 2.45) is 0 Å². The van der Waals surface area contributed by atoms with Gasteiger partial charge in [0.2, 0.25) is 5.88 Å². The Balaban J connectivity index is 1.90. The largest absolute Gasteiger partial charge is 0.481 e. The second-order valence-corrected chi connectivity index (χ2v) is 4.56. The van der Waals surface area contributed by atoms with Gasteiger partial charge in [-0.1, -0.05) is 18.2 Å². The average molecular weight is 282 g/mol. The standard InChI is InChI=1S/C15H14N4O2/c1-9-11(7-8-13(16-9)21-2)17-15(20)14-10-5-3-4-6-12(10)18-19-14/h3-8H,1-2H3,(H,17,20)(H,18,19). The molecule has 1 aromatic carbocycles. The molecule has 21 heavy (non-hydrogen) atoms. The van der Waals surface area contributed by atoms with Crippen LogP contribution in [0.3, 0.4) is 0 Å². The van der Waals surface area contributed by atoms with E-state index in [1.807, 2.05) is 24.3 Å². The number of hydrogen-bond acceptors (Lipinski definition) is 4. The molecule has 0 spiro atoms. The topological polar surface area (TPSA) is 79.9 Å². The summed E-state index contributed by atoms with van der Waals surface area (Å²) in [6, 6.07) is 10.9. The van der Waals surface area contributed by atoms with Crippen molar-refractivity contribution in [1.82, 2.24) is 15.2 Å². The van der Waals surface area contributed by atoms with E-state index in [-0.39, 0.29) is 5.91 Å². The summed E-state index contributed by atoms with van der Waals surface area (Å²) in [5, 5.41) is 10.5. The van der Waals surface area contributed by atoms with Crippen molar-refractivity contribution in [1.29, 1.82) is 0 Å². The van der Waals surface area contributed by atoms with Crippen LogP contribution in [0.1, 0.15) is 16.2 Å². The van der Waals surface area contributed by atoms with E-state index in [0.717, 1.165) is 10.9 Å². The molecule has 6 heteroatoms. The van der Waals surface area contributed by atoms with Crippen molar-refractivity contribution in [2.75, 3.05) is 12.4 Å². The number of carbonyl (C=O) groups excluding carboxylic acids is 1. The summed E-state index contributed by atoms with van der Waals surface area (Å²) in [5.74, 6) is 0.234. The fraction of sp³-hybridized carbons (Fsp3) is 0.133. The molecule has 0 aliphatic rings. The van der Waals surface area contributed by atoms with E-state index in [0.29, 0.717) is 23.0 Å². The molecule has 2 heterocycles. The number of aromatic nitrogens is 3. The summed E-state index contributed by atoms with van der Waals surface area (Å²) in [7, 11) is 1.55. The van der Waals surface area contributed by atoms with Crippen LogP contribution >= 0.6 is 0 Å². The predicted molar refractivity (Wildman–Crippen MR) is 79.6 cm³/mol. The molecule has 2 N–H and O–H groups in total. The first-order valence-electron chi connectivity index (χ1n) is 6.45. The molecule has 106 valence electrons. The highest BCUT2D eigenvalue weighted by atomic mass is 16.5. The fourth-order valence-corrected chi connectivity index (χ4v) is 2.10. The Labute approximate surface area is 121 Å². The van der Waals surface area contributed by atoms with Crippen LogP contribution < -0.4 is 10.1 Å². The van der Waals surface area contributed by atoms with E-state index >= 15 is 0 Å². The van der Waals surface area contributed by atoms with E-state index in [4.69, 9.17) is 4.74 Å². The number of para-hydroxylation sites is 1. The van der Waals surface area contributed by atoms with Gasteiger partial charge in [0.05, 0.1) is 24.0 Å². The van der Waals surface area contributed by atoms with E-state index in [1.54, 1.807) is 26.2 Å². The van der Waals surface area contributed by atoms with Gasteiger partial charge >= 0.3 is 0 Å². The van der Waals surface area contributed by atoms with Crippen LogP contribution in [0, 0.1) is 6.92 Å². The second-order valence-electron chi connectivity index (χ2n) is 4.56. The highest BCUT2D eigenvalue weighted by molar-refractivity contribution is 6.11. The quantitative estimate of drug-likeness (QED) is 0.773. The Kier molecular flexibility index (Phi) is 3.27. The van der Waals surface area contributed by atoms with Gasteiger partial charge in [0.15, 0.2) is 5.69 Å². The summed E-state index contributed by atoms with van der Waals surface area (Å²) >= 11 is 0.